The van der Waals surface area contributed by atoms with Crippen LogP contribution in [0.15, 0.2) is 46.6 Å². The number of anilines is 1. The molecule has 1 fully saturated rings. The number of nitrogens with zero attached hydrogens (tertiary/aromatic N) is 1. The van der Waals surface area contributed by atoms with Gasteiger partial charge in [0.25, 0.3) is 5.91 Å². The van der Waals surface area contributed by atoms with Gasteiger partial charge >= 0.3 is 6.03 Å². The monoisotopic (exact) mass is 473 g/mol. The summed E-state index contributed by atoms with van der Waals surface area (Å²) in [4.78, 5) is 38.1. The van der Waals surface area contributed by atoms with Gasteiger partial charge in [0, 0.05) is 15.7 Å². The molecule has 3 rings (SSSR count). The molecule has 2 aromatic carbocycles. The van der Waals surface area contributed by atoms with Crippen LogP contribution >= 0.6 is 15.9 Å². The number of rotatable bonds is 6. The van der Waals surface area contributed by atoms with Crippen LogP contribution in [0.5, 0.6) is 11.5 Å². The number of urea groups is 1. The van der Waals surface area contributed by atoms with Gasteiger partial charge in [0.05, 0.1) is 14.2 Å². The normalized spacial score (nSPS) is 14.7. The number of imide groups is 1. The van der Waals surface area contributed by atoms with E-state index < -0.39 is 24.4 Å². The maximum Gasteiger partial charge on any atom is 0.329 e. The number of methoxy groups -OCH3 is 2. The van der Waals surface area contributed by atoms with Crippen molar-refractivity contribution in [2.45, 2.75) is 6.92 Å². The zero-order valence-electron chi connectivity index (χ0n) is 16.6. The minimum absolute atomic E-state index is 0.0292. The van der Waals surface area contributed by atoms with Gasteiger partial charge in [-0.25, -0.2) is 9.69 Å². The lowest BCUT2D eigenvalue weighted by molar-refractivity contribution is -0.127. The second kappa shape index (κ2) is 9.00. The molecule has 4 amide bonds. The van der Waals surface area contributed by atoms with Gasteiger partial charge in [0.1, 0.15) is 12.2 Å². The number of ether oxygens (including phenoxy) is 2. The van der Waals surface area contributed by atoms with Crippen LogP contribution in [0.4, 0.5) is 10.5 Å². The molecule has 0 bridgehead atoms. The predicted molar refractivity (Wildman–Crippen MR) is 115 cm³/mol. The zero-order chi connectivity index (χ0) is 21.8. The summed E-state index contributed by atoms with van der Waals surface area (Å²) in [6.07, 6.45) is 1.48. The van der Waals surface area contributed by atoms with E-state index in [0.717, 1.165) is 10.5 Å². The summed E-state index contributed by atoms with van der Waals surface area (Å²) < 4.78 is 11.4. The van der Waals surface area contributed by atoms with E-state index in [1.54, 1.807) is 24.3 Å². The second-order valence-corrected chi connectivity index (χ2v) is 7.44. The highest BCUT2D eigenvalue weighted by Gasteiger charge is 2.35. The highest BCUT2D eigenvalue weighted by atomic mass is 79.9. The van der Waals surface area contributed by atoms with Crippen molar-refractivity contribution in [3.8, 4) is 11.5 Å². The van der Waals surface area contributed by atoms with Crippen LogP contribution in [0.25, 0.3) is 6.08 Å². The van der Waals surface area contributed by atoms with Gasteiger partial charge in [0.2, 0.25) is 5.91 Å². The molecule has 0 unspecified atom stereocenters. The van der Waals surface area contributed by atoms with Gasteiger partial charge in [-0.1, -0.05) is 33.6 Å². The maximum absolute atomic E-state index is 12.7. The highest BCUT2D eigenvalue weighted by Crippen LogP contribution is 2.36. The summed E-state index contributed by atoms with van der Waals surface area (Å²) in [5.41, 5.74) is 2.19. The number of aryl methyl sites for hydroxylation is 1. The summed E-state index contributed by atoms with van der Waals surface area (Å²) >= 11 is 3.37. The summed E-state index contributed by atoms with van der Waals surface area (Å²) in [6, 6.07) is 9.96. The van der Waals surface area contributed by atoms with Crippen molar-refractivity contribution in [2.24, 2.45) is 0 Å². The molecule has 1 saturated heterocycles. The zero-order valence-corrected chi connectivity index (χ0v) is 18.2. The number of carbonyl (C=O) groups excluding carboxylic acids is 3. The van der Waals surface area contributed by atoms with E-state index >= 15 is 0 Å². The summed E-state index contributed by atoms with van der Waals surface area (Å²) in [7, 11) is 2.97. The minimum atomic E-state index is -0.675. The fourth-order valence-corrected chi connectivity index (χ4v) is 3.37. The average molecular weight is 474 g/mol. The lowest BCUT2D eigenvalue weighted by Gasteiger charge is -2.12. The standard InChI is InChI=1S/C21H20BrN3O5/c1-12-4-6-15(7-5-12)23-18(26)11-25-20(27)16(24-21(25)28)9-13-8-14(22)10-17(29-2)19(13)30-3/h4-10H,11H2,1-3H3,(H,23,26)(H,24,28)/b16-9+. The summed E-state index contributed by atoms with van der Waals surface area (Å²) in [5.74, 6) is -0.221. The van der Waals surface area contributed by atoms with Gasteiger partial charge in [-0.2, -0.15) is 0 Å². The molecule has 156 valence electrons. The van der Waals surface area contributed by atoms with Gasteiger partial charge < -0.3 is 20.1 Å². The third kappa shape index (κ3) is 4.62. The van der Waals surface area contributed by atoms with E-state index in [4.69, 9.17) is 9.47 Å². The molecule has 1 aliphatic rings. The molecule has 2 N–H and O–H groups in total. The van der Waals surface area contributed by atoms with Crippen LogP contribution in [0.2, 0.25) is 0 Å². The molecule has 0 aromatic heterocycles. The Morgan fingerprint density at radius 1 is 1.17 bits per heavy atom. The third-order valence-electron chi connectivity index (χ3n) is 4.37. The number of amides is 4. The van der Waals surface area contributed by atoms with Crippen molar-refractivity contribution >= 4 is 45.5 Å². The lowest BCUT2D eigenvalue weighted by atomic mass is 10.1. The first-order valence-corrected chi connectivity index (χ1v) is 9.74. The topological polar surface area (TPSA) is 97.0 Å². The third-order valence-corrected chi connectivity index (χ3v) is 4.83. The number of carbonyl (C=O) groups is 3. The fourth-order valence-electron chi connectivity index (χ4n) is 2.92. The van der Waals surface area contributed by atoms with Crippen molar-refractivity contribution in [2.75, 3.05) is 26.1 Å². The molecule has 2 aromatic rings. The van der Waals surface area contributed by atoms with Crippen molar-refractivity contribution in [3.05, 3.63) is 57.7 Å². The number of halogens is 1. The number of benzene rings is 2. The van der Waals surface area contributed by atoms with Crippen LogP contribution in [-0.2, 0) is 9.59 Å². The van der Waals surface area contributed by atoms with E-state index in [1.165, 1.54) is 20.3 Å². The van der Waals surface area contributed by atoms with Gasteiger partial charge in [-0.05, 0) is 37.3 Å². The first-order valence-electron chi connectivity index (χ1n) is 8.95. The molecular formula is C21H20BrN3O5. The van der Waals surface area contributed by atoms with Crippen LogP contribution < -0.4 is 20.1 Å². The van der Waals surface area contributed by atoms with Crippen LogP contribution in [0, 0.1) is 6.92 Å². The molecule has 8 nitrogen and oxygen atoms in total. The Kier molecular flexibility index (Phi) is 6.41. The Bertz CT molecular complexity index is 1030. The fraction of sp³-hybridized carbons (Fsp3) is 0.190. The van der Waals surface area contributed by atoms with Crippen LogP contribution in [-0.4, -0.2) is 43.5 Å². The molecule has 0 radical (unpaired) electrons. The van der Waals surface area contributed by atoms with Crippen molar-refractivity contribution < 1.29 is 23.9 Å². The molecule has 0 aliphatic carbocycles. The van der Waals surface area contributed by atoms with E-state index in [-0.39, 0.29) is 5.70 Å². The Morgan fingerprint density at radius 2 is 1.87 bits per heavy atom. The lowest BCUT2D eigenvalue weighted by Crippen LogP contribution is -2.38. The van der Waals surface area contributed by atoms with E-state index in [2.05, 4.69) is 26.6 Å². The molecule has 9 heteroatoms. The number of nitrogens with one attached hydrogen (secondary N) is 2. The van der Waals surface area contributed by atoms with Crippen molar-refractivity contribution in [3.63, 3.8) is 0 Å². The number of hydrogen-bond acceptors (Lipinski definition) is 5. The molecule has 0 saturated carbocycles. The van der Waals surface area contributed by atoms with Crippen LogP contribution in [0.3, 0.4) is 0 Å². The van der Waals surface area contributed by atoms with Crippen molar-refractivity contribution in [1.29, 1.82) is 0 Å². The predicted octanol–water partition coefficient (Wildman–Crippen LogP) is 3.31. The Morgan fingerprint density at radius 3 is 2.50 bits per heavy atom. The maximum atomic E-state index is 12.7. The summed E-state index contributed by atoms with van der Waals surface area (Å²) in [5, 5.41) is 5.16. The Hall–Kier alpha value is -3.33. The smallest absolute Gasteiger partial charge is 0.329 e. The molecule has 1 heterocycles. The second-order valence-electron chi connectivity index (χ2n) is 6.52. The summed E-state index contributed by atoms with van der Waals surface area (Å²) in [6.45, 7) is 1.53. The largest absolute Gasteiger partial charge is 0.493 e. The minimum Gasteiger partial charge on any atom is -0.493 e. The van der Waals surface area contributed by atoms with Gasteiger partial charge in [-0.15, -0.1) is 0 Å². The average Bonchev–Trinajstić information content (AvgIpc) is 2.96. The quantitative estimate of drug-likeness (QED) is 0.495. The molecule has 30 heavy (non-hydrogen) atoms. The Labute approximate surface area is 182 Å². The molecule has 0 atom stereocenters. The van der Waals surface area contributed by atoms with Gasteiger partial charge in [-0.3, -0.25) is 9.59 Å². The molecule has 0 spiro atoms. The molecule has 1 aliphatic heterocycles. The highest BCUT2D eigenvalue weighted by molar-refractivity contribution is 9.10. The first-order chi connectivity index (χ1) is 14.3. The molecular weight excluding hydrogens is 454 g/mol. The van der Waals surface area contributed by atoms with Gasteiger partial charge in [0.15, 0.2) is 11.5 Å². The number of hydrogen-bond donors (Lipinski definition) is 2. The van der Waals surface area contributed by atoms with Crippen LogP contribution in [0.1, 0.15) is 11.1 Å². The van der Waals surface area contributed by atoms with E-state index in [1.807, 2.05) is 19.1 Å². The van der Waals surface area contributed by atoms with E-state index in [9.17, 15) is 14.4 Å². The van der Waals surface area contributed by atoms with Crippen molar-refractivity contribution in [1.82, 2.24) is 10.2 Å². The van der Waals surface area contributed by atoms with E-state index in [0.29, 0.717) is 27.2 Å². The Balaban J connectivity index is 1.78. The first kappa shape index (κ1) is 21.4. The SMILES string of the molecule is COc1cc(Br)cc(/C=C2/NC(=O)N(CC(=O)Nc3ccc(C)cc3)C2=O)c1OC.